The van der Waals surface area contributed by atoms with Gasteiger partial charge in [0.15, 0.2) is 0 Å². The second-order valence-corrected chi connectivity index (χ2v) is 7.79. The fraction of sp³-hybridized carbons (Fsp3) is 0.333. The summed E-state index contributed by atoms with van der Waals surface area (Å²) in [5.74, 6) is 0. The number of hydrogen-bond donors (Lipinski definition) is 1. The zero-order valence-corrected chi connectivity index (χ0v) is 14.3. The summed E-state index contributed by atoms with van der Waals surface area (Å²) in [5.41, 5.74) is 8.76. The summed E-state index contributed by atoms with van der Waals surface area (Å²) in [6, 6.07) is 15.1. The Morgan fingerprint density at radius 3 is 2.50 bits per heavy atom. The van der Waals surface area contributed by atoms with Crippen molar-refractivity contribution in [2.45, 2.75) is 24.5 Å². The second-order valence-electron chi connectivity index (χ2n) is 5.85. The zero-order valence-electron chi connectivity index (χ0n) is 13.5. The van der Waals surface area contributed by atoms with Crippen molar-refractivity contribution in [2.24, 2.45) is 5.73 Å². The Balaban J connectivity index is 1.80. The van der Waals surface area contributed by atoms with Gasteiger partial charge in [0.05, 0.1) is 18.1 Å². The van der Waals surface area contributed by atoms with E-state index in [1.165, 1.54) is 4.31 Å². The van der Waals surface area contributed by atoms with Crippen LogP contribution in [0.1, 0.15) is 16.7 Å². The summed E-state index contributed by atoms with van der Waals surface area (Å²) in [5, 5.41) is 0. The van der Waals surface area contributed by atoms with E-state index in [1.807, 2.05) is 36.4 Å². The van der Waals surface area contributed by atoms with Gasteiger partial charge in [-0.25, -0.2) is 8.42 Å². The number of nitrogens with zero attached hydrogens (tertiary/aromatic N) is 1. The van der Waals surface area contributed by atoms with E-state index in [-0.39, 0.29) is 0 Å². The van der Waals surface area contributed by atoms with Crippen molar-refractivity contribution in [3.63, 3.8) is 0 Å². The van der Waals surface area contributed by atoms with Gasteiger partial charge in [0.2, 0.25) is 10.0 Å². The fourth-order valence-electron chi connectivity index (χ4n) is 2.85. The van der Waals surface area contributed by atoms with Crippen LogP contribution in [0.5, 0.6) is 0 Å². The average Bonchev–Trinajstić information content (AvgIpc) is 3.07. The number of rotatable bonds is 7. The highest BCUT2D eigenvalue weighted by Gasteiger charge is 2.25. The molecule has 0 bridgehead atoms. The quantitative estimate of drug-likeness (QED) is 0.831. The van der Waals surface area contributed by atoms with E-state index in [0.29, 0.717) is 44.2 Å². The van der Waals surface area contributed by atoms with Gasteiger partial charge in [-0.05, 0) is 35.2 Å². The molecule has 3 rings (SSSR count). The standard InChI is InChI=1S/C18H22N2O3S/c19-9-11-20(10-8-15-4-2-1-3-5-15)24(21,22)18-7-6-16-13-23-14-17(16)12-18/h1-7,12H,8-11,13-14,19H2. The molecule has 6 heteroatoms. The van der Waals surface area contributed by atoms with Crippen LogP contribution in [0.25, 0.3) is 0 Å². The molecule has 1 aliphatic rings. The number of sulfonamides is 1. The minimum absolute atomic E-state index is 0.294. The molecule has 0 fully saturated rings. The van der Waals surface area contributed by atoms with Gasteiger partial charge in [-0.1, -0.05) is 36.4 Å². The van der Waals surface area contributed by atoms with Gasteiger partial charge in [-0.15, -0.1) is 0 Å². The summed E-state index contributed by atoms with van der Waals surface area (Å²) in [6.07, 6.45) is 0.661. The summed E-state index contributed by atoms with van der Waals surface area (Å²) in [6.45, 7) is 2.04. The maximum absolute atomic E-state index is 13.0. The van der Waals surface area contributed by atoms with Crippen LogP contribution in [0, 0.1) is 0 Å². The van der Waals surface area contributed by atoms with Gasteiger partial charge in [0, 0.05) is 19.6 Å². The maximum Gasteiger partial charge on any atom is 0.243 e. The normalized spacial score (nSPS) is 14.1. The van der Waals surface area contributed by atoms with E-state index < -0.39 is 10.0 Å². The monoisotopic (exact) mass is 346 g/mol. The molecule has 1 aliphatic heterocycles. The molecule has 0 aromatic heterocycles. The van der Waals surface area contributed by atoms with Crippen LogP contribution in [0.2, 0.25) is 0 Å². The minimum atomic E-state index is -3.56. The van der Waals surface area contributed by atoms with Gasteiger partial charge < -0.3 is 10.5 Å². The van der Waals surface area contributed by atoms with Crippen molar-refractivity contribution in [3.05, 3.63) is 65.2 Å². The first-order valence-corrected chi connectivity index (χ1v) is 9.49. The molecule has 5 nitrogen and oxygen atoms in total. The van der Waals surface area contributed by atoms with Crippen molar-refractivity contribution in [3.8, 4) is 0 Å². The minimum Gasteiger partial charge on any atom is -0.372 e. The van der Waals surface area contributed by atoms with Gasteiger partial charge in [0.1, 0.15) is 0 Å². The smallest absolute Gasteiger partial charge is 0.243 e. The highest BCUT2D eigenvalue weighted by molar-refractivity contribution is 7.89. The third kappa shape index (κ3) is 3.67. The molecule has 0 amide bonds. The first-order chi connectivity index (χ1) is 11.6. The largest absolute Gasteiger partial charge is 0.372 e. The predicted molar refractivity (Wildman–Crippen MR) is 92.9 cm³/mol. The van der Waals surface area contributed by atoms with E-state index in [4.69, 9.17) is 10.5 Å². The lowest BCUT2D eigenvalue weighted by Gasteiger charge is -2.22. The molecule has 0 saturated heterocycles. The van der Waals surface area contributed by atoms with Crippen molar-refractivity contribution in [1.82, 2.24) is 4.31 Å². The van der Waals surface area contributed by atoms with Crippen molar-refractivity contribution in [2.75, 3.05) is 19.6 Å². The van der Waals surface area contributed by atoms with Gasteiger partial charge in [-0.2, -0.15) is 4.31 Å². The summed E-state index contributed by atoms with van der Waals surface area (Å²) in [7, 11) is -3.56. The Morgan fingerprint density at radius 1 is 1.00 bits per heavy atom. The molecule has 1 heterocycles. The van der Waals surface area contributed by atoms with Crippen LogP contribution in [0.15, 0.2) is 53.4 Å². The third-order valence-corrected chi connectivity index (χ3v) is 6.10. The Hall–Kier alpha value is -1.73. The van der Waals surface area contributed by atoms with E-state index in [2.05, 4.69) is 0 Å². The molecule has 0 radical (unpaired) electrons. The topological polar surface area (TPSA) is 72.6 Å². The summed E-state index contributed by atoms with van der Waals surface area (Å²) >= 11 is 0. The van der Waals surface area contributed by atoms with Crippen molar-refractivity contribution < 1.29 is 13.2 Å². The highest BCUT2D eigenvalue weighted by atomic mass is 32.2. The van der Waals surface area contributed by atoms with Crippen molar-refractivity contribution >= 4 is 10.0 Å². The lowest BCUT2D eigenvalue weighted by atomic mass is 10.1. The van der Waals surface area contributed by atoms with Crippen molar-refractivity contribution in [1.29, 1.82) is 0 Å². The molecule has 24 heavy (non-hydrogen) atoms. The van der Waals surface area contributed by atoms with Crippen LogP contribution < -0.4 is 5.73 Å². The molecule has 0 atom stereocenters. The highest BCUT2D eigenvalue weighted by Crippen LogP contribution is 2.25. The Bertz CT molecular complexity index is 791. The van der Waals surface area contributed by atoms with Crippen LogP contribution in [0.4, 0.5) is 0 Å². The zero-order chi connectivity index (χ0) is 17.0. The average molecular weight is 346 g/mol. The van der Waals surface area contributed by atoms with Gasteiger partial charge in [0.25, 0.3) is 0 Å². The third-order valence-electron chi connectivity index (χ3n) is 4.20. The van der Waals surface area contributed by atoms with Crippen LogP contribution in [-0.2, 0) is 34.4 Å². The number of ether oxygens (including phenoxy) is 1. The molecule has 2 N–H and O–H groups in total. The molecule has 0 saturated carbocycles. The van der Waals surface area contributed by atoms with E-state index in [1.54, 1.807) is 12.1 Å². The van der Waals surface area contributed by atoms with E-state index in [9.17, 15) is 8.42 Å². The van der Waals surface area contributed by atoms with Gasteiger partial charge in [-0.3, -0.25) is 0 Å². The van der Waals surface area contributed by atoms with Crippen LogP contribution in [0.3, 0.4) is 0 Å². The molecule has 0 aliphatic carbocycles. The molecular weight excluding hydrogens is 324 g/mol. The molecule has 0 unspecified atom stereocenters. The molecule has 2 aromatic carbocycles. The number of hydrogen-bond acceptors (Lipinski definition) is 4. The number of fused-ring (bicyclic) bond motifs is 1. The Kier molecular flexibility index (Phi) is 5.30. The predicted octanol–water partition coefficient (Wildman–Crippen LogP) is 1.91. The molecule has 128 valence electrons. The molecule has 2 aromatic rings. The van der Waals surface area contributed by atoms with Crippen LogP contribution in [-0.4, -0.2) is 32.4 Å². The molecule has 0 spiro atoms. The SMILES string of the molecule is NCCN(CCc1ccccc1)S(=O)(=O)c1ccc2c(c1)COC2. The first kappa shape index (κ1) is 17.1. The summed E-state index contributed by atoms with van der Waals surface area (Å²) in [4.78, 5) is 0.313. The van der Waals surface area contributed by atoms with Crippen LogP contribution >= 0.6 is 0 Å². The number of nitrogens with two attached hydrogens (primary N) is 1. The first-order valence-electron chi connectivity index (χ1n) is 8.05. The second kappa shape index (κ2) is 7.44. The molecular formula is C18H22N2O3S. The Labute approximate surface area is 143 Å². The number of benzene rings is 2. The fourth-order valence-corrected chi connectivity index (χ4v) is 4.36. The van der Waals surface area contributed by atoms with E-state index >= 15 is 0 Å². The summed E-state index contributed by atoms with van der Waals surface area (Å²) < 4.78 is 32.8. The lowest BCUT2D eigenvalue weighted by Crippen LogP contribution is -2.37. The Morgan fingerprint density at radius 2 is 1.75 bits per heavy atom. The maximum atomic E-state index is 13.0. The lowest BCUT2D eigenvalue weighted by molar-refractivity contribution is 0.134. The van der Waals surface area contributed by atoms with Gasteiger partial charge >= 0.3 is 0 Å². The van der Waals surface area contributed by atoms with E-state index in [0.717, 1.165) is 16.7 Å².